The second kappa shape index (κ2) is 4.96. The molecule has 1 N–H and O–H groups in total. The van der Waals surface area contributed by atoms with E-state index in [1.54, 1.807) is 13.0 Å². The maximum absolute atomic E-state index is 12.7. The predicted octanol–water partition coefficient (Wildman–Crippen LogP) is 2.18. The Balaban J connectivity index is 2.61. The minimum absolute atomic E-state index is 0.132. The summed E-state index contributed by atoms with van der Waals surface area (Å²) in [5.41, 5.74) is 0.308. The monoisotopic (exact) mass is 215 g/mol. The molecule has 0 saturated carbocycles. The van der Waals surface area contributed by atoms with E-state index in [-0.39, 0.29) is 11.3 Å². The van der Waals surface area contributed by atoms with Gasteiger partial charge in [-0.15, -0.1) is 11.6 Å². The molecule has 0 bridgehead atoms. The van der Waals surface area contributed by atoms with Gasteiger partial charge in [-0.05, 0) is 25.1 Å². The molecule has 1 aromatic carbocycles. The van der Waals surface area contributed by atoms with Crippen molar-refractivity contribution < 1.29 is 9.18 Å². The number of amides is 1. The van der Waals surface area contributed by atoms with Gasteiger partial charge in [0.05, 0.1) is 0 Å². The molecule has 76 valence electrons. The van der Waals surface area contributed by atoms with Crippen LogP contribution in [0.3, 0.4) is 0 Å². The van der Waals surface area contributed by atoms with E-state index >= 15 is 0 Å². The number of alkyl halides is 1. The SMILES string of the molecule is CC(Cl)CNC(=O)c1cccc(F)c1. The normalized spacial score (nSPS) is 12.2. The zero-order valence-corrected chi connectivity index (χ0v) is 8.51. The van der Waals surface area contributed by atoms with Gasteiger partial charge in [-0.2, -0.15) is 0 Å². The van der Waals surface area contributed by atoms with Crippen LogP contribution < -0.4 is 5.32 Å². The highest BCUT2D eigenvalue weighted by Gasteiger charge is 2.06. The van der Waals surface area contributed by atoms with Crippen LogP contribution in [0.15, 0.2) is 24.3 Å². The summed E-state index contributed by atoms with van der Waals surface area (Å²) in [5, 5.41) is 2.46. The lowest BCUT2D eigenvalue weighted by atomic mass is 10.2. The summed E-state index contributed by atoms with van der Waals surface area (Å²) >= 11 is 5.65. The molecule has 4 heteroatoms. The molecular weight excluding hydrogens is 205 g/mol. The van der Waals surface area contributed by atoms with Crippen molar-refractivity contribution in [2.45, 2.75) is 12.3 Å². The summed E-state index contributed by atoms with van der Waals surface area (Å²) in [4.78, 5) is 11.4. The van der Waals surface area contributed by atoms with Crippen molar-refractivity contribution in [2.24, 2.45) is 0 Å². The van der Waals surface area contributed by atoms with Crippen LogP contribution in [-0.4, -0.2) is 17.8 Å². The highest BCUT2D eigenvalue weighted by Crippen LogP contribution is 2.03. The van der Waals surface area contributed by atoms with Gasteiger partial charge in [-0.3, -0.25) is 4.79 Å². The van der Waals surface area contributed by atoms with E-state index in [0.29, 0.717) is 12.1 Å². The van der Waals surface area contributed by atoms with Gasteiger partial charge < -0.3 is 5.32 Å². The van der Waals surface area contributed by atoms with Gasteiger partial charge in [0.25, 0.3) is 5.91 Å². The van der Waals surface area contributed by atoms with Crippen molar-refractivity contribution in [3.05, 3.63) is 35.6 Å². The Labute approximate surface area is 87.1 Å². The maximum atomic E-state index is 12.7. The third-order valence-electron chi connectivity index (χ3n) is 1.63. The van der Waals surface area contributed by atoms with Gasteiger partial charge in [0.1, 0.15) is 5.82 Å². The van der Waals surface area contributed by atoms with Crippen molar-refractivity contribution in [3.8, 4) is 0 Å². The number of carbonyl (C=O) groups excluding carboxylic acids is 1. The van der Waals surface area contributed by atoms with Crippen LogP contribution in [0.1, 0.15) is 17.3 Å². The van der Waals surface area contributed by atoms with Crippen LogP contribution in [0.25, 0.3) is 0 Å². The first-order valence-electron chi connectivity index (χ1n) is 4.27. The fraction of sp³-hybridized carbons (Fsp3) is 0.300. The Kier molecular flexibility index (Phi) is 3.89. The molecule has 1 rings (SSSR count). The molecule has 0 aromatic heterocycles. The Morgan fingerprint density at radius 1 is 1.64 bits per heavy atom. The fourth-order valence-electron chi connectivity index (χ4n) is 0.965. The summed E-state index contributed by atoms with van der Waals surface area (Å²) in [6.45, 7) is 2.14. The summed E-state index contributed by atoms with van der Waals surface area (Å²) in [5.74, 6) is -0.728. The van der Waals surface area contributed by atoms with Crippen LogP contribution in [0.5, 0.6) is 0 Å². The molecule has 1 aromatic rings. The second-order valence-electron chi connectivity index (χ2n) is 3.00. The van der Waals surface area contributed by atoms with Crippen molar-refractivity contribution in [2.75, 3.05) is 6.54 Å². The lowest BCUT2D eigenvalue weighted by Gasteiger charge is -2.05. The lowest BCUT2D eigenvalue weighted by Crippen LogP contribution is -2.28. The molecule has 0 spiro atoms. The molecule has 0 fully saturated rings. The predicted molar refractivity (Wildman–Crippen MR) is 54.0 cm³/mol. The van der Waals surface area contributed by atoms with Gasteiger partial charge in [0.15, 0.2) is 0 Å². The standard InChI is InChI=1S/C10H11ClFNO/c1-7(11)6-13-10(14)8-3-2-4-9(12)5-8/h2-5,7H,6H2,1H3,(H,13,14). The molecule has 0 saturated heterocycles. The molecule has 1 atom stereocenters. The third kappa shape index (κ3) is 3.34. The van der Waals surface area contributed by atoms with Crippen LogP contribution in [0.4, 0.5) is 4.39 Å². The van der Waals surface area contributed by atoms with Crippen molar-refractivity contribution in [1.82, 2.24) is 5.32 Å². The smallest absolute Gasteiger partial charge is 0.251 e. The molecule has 1 unspecified atom stereocenters. The molecular formula is C10H11ClFNO. The Morgan fingerprint density at radius 2 is 2.36 bits per heavy atom. The van der Waals surface area contributed by atoms with E-state index in [1.807, 2.05) is 0 Å². The number of hydrogen-bond donors (Lipinski definition) is 1. The first-order chi connectivity index (χ1) is 6.59. The van der Waals surface area contributed by atoms with Crippen molar-refractivity contribution in [1.29, 1.82) is 0 Å². The van der Waals surface area contributed by atoms with Gasteiger partial charge in [-0.1, -0.05) is 6.07 Å². The largest absolute Gasteiger partial charge is 0.351 e. The first kappa shape index (κ1) is 11.0. The van der Waals surface area contributed by atoms with E-state index in [2.05, 4.69) is 5.32 Å². The van der Waals surface area contributed by atoms with Crippen LogP contribution in [0.2, 0.25) is 0 Å². The fourth-order valence-corrected chi connectivity index (χ4v) is 1.04. The Bertz CT molecular complexity index is 328. The number of halogens is 2. The second-order valence-corrected chi connectivity index (χ2v) is 3.75. The van der Waals surface area contributed by atoms with Gasteiger partial charge in [0.2, 0.25) is 0 Å². The highest BCUT2D eigenvalue weighted by molar-refractivity contribution is 6.20. The van der Waals surface area contributed by atoms with E-state index < -0.39 is 5.82 Å². The lowest BCUT2D eigenvalue weighted by molar-refractivity contribution is 0.0953. The third-order valence-corrected chi connectivity index (χ3v) is 1.79. The number of hydrogen-bond acceptors (Lipinski definition) is 1. The first-order valence-corrected chi connectivity index (χ1v) is 4.71. The van der Waals surface area contributed by atoms with E-state index in [4.69, 9.17) is 11.6 Å². The minimum atomic E-state index is -0.420. The molecule has 14 heavy (non-hydrogen) atoms. The van der Waals surface area contributed by atoms with E-state index in [0.717, 1.165) is 0 Å². The molecule has 1 amide bonds. The molecule has 0 aliphatic heterocycles. The molecule has 0 heterocycles. The molecule has 0 aliphatic rings. The van der Waals surface area contributed by atoms with E-state index in [1.165, 1.54) is 18.2 Å². The quantitative estimate of drug-likeness (QED) is 0.770. The zero-order chi connectivity index (χ0) is 10.6. The molecule has 0 radical (unpaired) electrons. The van der Waals surface area contributed by atoms with Gasteiger partial charge in [0, 0.05) is 17.5 Å². The Morgan fingerprint density at radius 3 is 2.93 bits per heavy atom. The zero-order valence-electron chi connectivity index (χ0n) is 7.76. The average Bonchev–Trinajstić information content (AvgIpc) is 2.14. The minimum Gasteiger partial charge on any atom is -0.351 e. The topological polar surface area (TPSA) is 29.1 Å². The molecule has 0 aliphatic carbocycles. The number of rotatable bonds is 3. The summed E-state index contributed by atoms with van der Waals surface area (Å²) < 4.78 is 12.7. The average molecular weight is 216 g/mol. The van der Waals surface area contributed by atoms with E-state index in [9.17, 15) is 9.18 Å². The summed E-state index contributed by atoms with van der Waals surface area (Å²) in [6.07, 6.45) is 0. The van der Waals surface area contributed by atoms with Crippen LogP contribution in [-0.2, 0) is 0 Å². The van der Waals surface area contributed by atoms with Crippen LogP contribution >= 0.6 is 11.6 Å². The molecule has 2 nitrogen and oxygen atoms in total. The summed E-state index contributed by atoms with van der Waals surface area (Å²) in [7, 11) is 0. The number of benzene rings is 1. The van der Waals surface area contributed by atoms with Crippen molar-refractivity contribution in [3.63, 3.8) is 0 Å². The maximum Gasteiger partial charge on any atom is 0.251 e. The summed E-state index contributed by atoms with van der Waals surface area (Å²) in [6, 6.07) is 5.53. The van der Waals surface area contributed by atoms with Crippen LogP contribution in [0, 0.1) is 5.82 Å². The number of nitrogens with one attached hydrogen (secondary N) is 1. The van der Waals surface area contributed by atoms with Crippen molar-refractivity contribution >= 4 is 17.5 Å². The van der Waals surface area contributed by atoms with Gasteiger partial charge >= 0.3 is 0 Å². The van der Waals surface area contributed by atoms with Gasteiger partial charge in [-0.25, -0.2) is 4.39 Å². The Hall–Kier alpha value is -1.09. The highest BCUT2D eigenvalue weighted by atomic mass is 35.5. The number of carbonyl (C=O) groups is 1.